The molecule has 3 aromatic carbocycles. The lowest BCUT2D eigenvalue weighted by Crippen LogP contribution is -2.54. The van der Waals surface area contributed by atoms with E-state index in [9.17, 15) is 19.2 Å². The van der Waals surface area contributed by atoms with Gasteiger partial charge in [-0.2, -0.15) is 0 Å². The summed E-state index contributed by atoms with van der Waals surface area (Å²) in [4.78, 5) is 50.1. The van der Waals surface area contributed by atoms with E-state index in [1.54, 1.807) is 42.5 Å². The van der Waals surface area contributed by atoms with Crippen LogP contribution >= 0.6 is 22.6 Å². The molecular weight excluding hydrogens is 575 g/mol. The molecule has 1 aliphatic heterocycles. The summed E-state index contributed by atoms with van der Waals surface area (Å²) in [7, 11) is 0. The summed E-state index contributed by atoms with van der Waals surface area (Å²) in [6.45, 7) is 3.97. The summed E-state index contributed by atoms with van der Waals surface area (Å²) in [5, 5.41) is 11.2. The number of aromatic carboxylic acids is 1. The molecule has 182 valence electrons. The normalized spacial score (nSPS) is 14.7. The third kappa shape index (κ3) is 5.46. The van der Waals surface area contributed by atoms with Gasteiger partial charge in [0.15, 0.2) is 0 Å². The molecule has 0 bridgehead atoms. The van der Waals surface area contributed by atoms with Crippen molar-refractivity contribution < 1.29 is 29.0 Å². The van der Waals surface area contributed by atoms with E-state index < -0.39 is 23.8 Å². The number of halogens is 1. The van der Waals surface area contributed by atoms with Gasteiger partial charge in [0.2, 0.25) is 0 Å². The minimum Gasteiger partial charge on any atom is -0.488 e. The number of hydrogen-bond donors (Lipinski definition) is 2. The van der Waals surface area contributed by atoms with Gasteiger partial charge in [-0.1, -0.05) is 24.3 Å². The summed E-state index contributed by atoms with van der Waals surface area (Å²) < 4.78 is 6.59. The molecule has 1 aliphatic rings. The number of carbonyl (C=O) groups excluding carboxylic acids is 3. The fourth-order valence-electron chi connectivity index (χ4n) is 3.77. The number of hydrogen-bond acceptors (Lipinski definition) is 5. The number of urea groups is 1. The summed E-state index contributed by atoms with van der Waals surface area (Å²) in [6.07, 6.45) is 1.44. The van der Waals surface area contributed by atoms with Gasteiger partial charge in [-0.05, 0) is 101 Å². The minimum atomic E-state index is -0.992. The van der Waals surface area contributed by atoms with E-state index in [2.05, 4.69) is 27.9 Å². The molecule has 0 aromatic heterocycles. The topological polar surface area (TPSA) is 113 Å². The van der Waals surface area contributed by atoms with Crippen LogP contribution in [0.3, 0.4) is 0 Å². The molecule has 0 unspecified atom stereocenters. The first kappa shape index (κ1) is 25.1. The molecule has 0 saturated carbocycles. The van der Waals surface area contributed by atoms with Gasteiger partial charge in [0.1, 0.15) is 17.9 Å². The van der Waals surface area contributed by atoms with Crippen LogP contribution in [0.25, 0.3) is 6.08 Å². The zero-order valence-corrected chi connectivity index (χ0v) is 21.5. The van der Waals surface area contributed by atoms with Crippen molar-refractivity contribution in [3.8, 4) is 5.75 Å². The number of ether oxygens (including phenoxy) is 1. The molecule has 1 fully saturated rings. The lowest BCUT2D eigenvalue weighted by atomic mass is 10.1. The van der Waals surface area contributed by atoms with Gasteiger partial charge in [-0.3, -0.25) is 14.9 Å². The number of carbonyl (C=O) groups is 4. The number of carboxylic acid groups (broad SMARTS) is 1. The molecule has 0 aliphatic carbocycles. The molecule has 9 heteroatoms. The van der Waals surface area contributed by atoms with Crippen molar-refractivity contribution in [3.63, 3.8) is 0 Å². The lowest BCUT2D eigenvalue weighted by Gasteiger charge is -2.27. The van der Waals surface area contributed by atoms with Crippen LogP contribution in [0.2, 0.25) is 0 Å². The first-order valence-corrected chi connectivity index (χ1v) is 11.9. The van der Waals surface area contributed by atoms with Crippen LogP contribution in [-0.2, 0) is 16.2 Å². The second-order valence-corrected chi connectivity index (χ2v) is 9.45. The lowest BCUT2D eigenvalue weighted by molar-refractivity contribution is -0.122. The second kappa shape index (κ2) is 10.3. The van der Waals surface area contributed by atoms with Crippen molar-refractivity contribution in [2.24, 2.45) is 0 Å². The molecule has 1 heterocycles. The molecule has 0 radical (unpaired) electrons. The number of carboxylic acids is 1. The first-order chi connectivity index (χ1) is 17.1. The minimum absolute atomic E-state index is 0.156. The molecule has 8 nitrogen and oxygen atoms in total. The van der Waals surface area contributed by atoms with Crippen LogP contribution in [0.1, 0.15) is 32.6 Å². The van der Waals surface area contributed by atoms with Gasteiger partial charge >= 0.3 is 12.0 Å². The van der Waals surface area contributed by atoms with Crippen molar-refractivity contribution in [3.05, 3.63) is 97.6 Å². The zero-order chi connectivity index (χ0) is 26.0. The van der Waals surface area contributed by atoms with E-state index in [-0.39, 0.29) is 17.7 Å². The Hall–Kier alpha value is -3.99. The van der Waals surface area contributed by atoms with E-state index in [0.29, 0.717) is 17.0 Å². The fraction of sp³-hybridized carbons (Fsp3) is 0.111. The smallest absolute Gasteiger partial charge is 0.335 e. The number of benzene rings is 3. The highest BCUT2D eigenvalue weighted by Crippen LogP contribution is 2.27. The summed E-state index contributed by atoms with van der Waals surface area (Å²) in [5.74, 6) is -1.86. The zero-order valence-electron chi connectivity index (χ0n) is 19.4. The van der Waals surface area contributed by atoms with Crippen molar-refractivity contribution in [2.45, 2.75) is 20.5 Å². The Balaban J connectivity index is 1.54. The second-order valence-electron chi connectivity index (χ2n) is 8.28. The summed E-state index contributed by atoms with van der Waals surface area (Å²) in [6, 6.07) is 16.1. The Morgan fingerprint density at radius 3 is 2.28 bits per heavy atom. The number of rotatable bonds is 6. The number of amides is 4. The highest BCUT2D eigenvalue weighted by Gasteiger charge is 2.37. The maximum Gasteiger partial charge on any atom is 0.335 e. The molecule has 1 saturated heterocycles. The van der Waals surface area contributed by atoms with Gasteiger partial charge in [0.05, 0.1) is 14.8 Å². The van der Waals surface area contributed by atoms with E-state index in [1.807, 2.05) is 19.9 Å². The first-order valence-electron chi connectivity index (χ1n) is 10.9. The van der Waals surface area contributed by atoms with Crippen molar-refractivity contribution in [2.75, 3.05) is 4.90 Å². The Bertz CT molecular complexity index is 1410. The van der Waals surface area contributed by atoms with Crippen molar-refractivity contribution in [1.82, 2.24) is 5.32 Å². The summed E-state index contributed by atoms with van der Waals surface area (Å²) >= 11 is 2.09. The predicted molar refractivity (Wildman–Crippen MR) is 142 cm³/mol. The standard InChI is InChI=1S/C27H21IN2O6/c1-15-9-16(2)11-20(10-15)30-25(32)21(24(31)29-27(30)35)12-18-5-8-23(22(28)13-18)36-14-17-3-6-19(7-4-17)26(33)34/h3-13H,14H2,1-2H3,(H,33,34)(H,29,31,35)/b21-12+. The van der Waals surface area contributed by atoms with Gasteiger partial charge in [-0.15, -0.1) is 0 Å². The monoisotopic (exact) mass is 596 g/mol. The van der Waals surface area contributed by atoms with Crippen LogP contribution in [-0.4, -0.2) is 28.9 Å². The molecule has 0 spiro atoms. The summed E-state index contributed by atoms with van der Waals surface area (Å²) in [5.41, 5.74) is 3.60. The van der Waals surface area contributed by atoms with Gasteiger partial charge in [0.25, 0.3) is 11.8 Å². The molecule has 4 rings (SSSR count). The number of nitrogens with zero attached hydrogens (tertiary/aromatic N) is 1. The van der Waals surface area contributed by atoms with Crippen molar-refractivity contribution in [1.29, 1.82) is 0 Å². The molecule has 3 aromatic rings. The van der Waals surface area contributed by atoms with E-state index >= 15 is 0 Å². The molecular formula is C27H21IN2O6. The van der Waals surface area contributed by atoms with Crippen LogP contribution in [0, 0.1) is 17.4 Å². The van der Waals surface area contributed by atoms with Gasteiger partial charge < -0.3 is 9.84 Å². The van der Waals surface area contributed by atoms with Crippen LogP contribution < -0.4 is 15.0 Å². The van der Waals surface area contributed by atoms with Crippen LogP contribution in [0.5, 0.6) is 5.75 Å². The number of barbiturate groups is 1. The quantitative estimate of drug-likeness (QED) is 0.239. The average Bonchev–Trinajstić information content (AvgIpc) is 2.80. The van der Waals surface area contributed by atoms with Crippen LogP contribution in [0.15, 0.2) is 66.2 Å². The Morgan fingerprint density at radius 2 is 1.67 bits per heavy atom. The Kier molecular flexibility index (Phi) is 7.20. The molecule has 0 atom stereocenters. The fourth-order valence-corrected chi connectivity index (χ4v) is 4.46. The van der Waals surface area contributed by atoms with E-state index in [1.165, 1.54) is 18.2 Å². The molecule has 36 heavy (non-hydrogen) atoms. The Morgan fingerprint density at radius 1 is 1.00 bits per heavy atom. The third-order valence-electron chi connectivity index (χ3n) is 5.43. The number of anilines is 1. The Labute approximate surface area is 220 Å². The average molecular weight is 596 g/mol. The number of aryl methyl sites for hydroxylation is 2. The highest BCUT2D eigenvalue weighted by molar-refractivity contribution is 14.1. The predicted octanol–water partition coefficient (Wildman–Crippen LogP) is 4.85. The number of imide groups is 2. The van der Waals surface area contributed by atoms with Gasteiger partial charge in [-0.25, -0.2) is 14.5 Å². The molecule has 2 N–H and O–H groups in total. The maximum absolute atomic E-state index is 13.2. The largest absolute Gasteiger partial charge is 0.488 e. The van der Waals surface area contributed by atoms with Gasteiger partial charge in [0, 0.05) is 0 Å². The van der Waals surface area contributed by atoms with E-state index in [0.717, 1.165) is 25.2 Å². The number of nitrogens with one attached hydrogen (secondary N) is 1. The van der Waals surface area contributed by atoms with Crippen LogP contribution in [0.4, 0.5) is 10.5 Å². The molecule has 4 amide bonds. The van der Waals surface area contributed by atoms with Crippen molar-refractivity contribution >= 4 is 58.2 Å². The SMILES string of the molecule is Cc1cc(C)cc(N2C(=O)NC(=O)/C(=C\c3ccc(OCc4ccc(C(=O)O)cc4)c(I)c3)C2=O)c1. The highest BCUT2D eigenvalue weighted by atomic mass is 127. The maximum atomic E-state index is 13.2. The van der Waals surface area contributed by atoms with E-state index in [4.69, 9.17) is 9.84 Å². The third-order valence-corrected chi connectivity index (χ3v) is 6.27.